The molecule has 3 aromatic carbocycles. The summed E-state index contributed by atoms with van der Waals surface area (Å²) in [5.41, 5.74) is -0.0961. The van der Waals surface area contributed by atoms with Crippen LogP contribution in [0.15, 0.2) is 71.6 Å². The molecule has 0 atom stereocenters. The summed E-state index contributed by atoms with van der Waals surface area (Å²) < 4.78 is 57.2. The van der Waals surface area contributed by atoms with Crippen molar-refractivity contribution < 1.29 is 31.8 Å². The van der Waals surface area contributed by atoms with Crippen molar-refractivity contribution >= 4 is 21.6 Å². The number of halogens is 1. The predicted octanol–water partition coefficient (Wildman–Crippen LogP) is 3.89. The highest BCUT2D eigenvalue weighted by molar-refractivity contribution is 7.93. The van der Waals surface area contributed by atoms with Crippen LogP contribution >= 0.6 is 0 Å². The van der Waals surface area contributed by atoms with E-state index in [4.69, 9.17) is 14.2 Å². The maximum Gasteiger partial charge on any atom is 0.275 e. The van der Waals surface area contributed by atoms with Crippen molar-refractivity contribution in [1.29, 1.82) is 0 Å². The maximum absolute atomic E-state index is 13.8. The number of rotatable bonds is 7. The molecule has 0 saturated carbocycles. The number of sulfonamides is 1. The van der Waals surface area contributed by atoms with Gasteiger partial charge in [0.1, 0.15) is 28.0 Å². The number of methoxy groups -OCH3 is 3. The topological polar surface area (TPSA) is 82.1 Å². The molecule has 0 aliphatic carbocycles. The lowest BCUT2D eigenvalue weighted by Gasteiger charge is -2.24. The molecule has 0 N–H and O–H groups in total. The third kappa shape index (κ3) is 4.46. The van der Waals surface area contributed by atoms with Gasteiger partial charge in [-0.3, -0.25) is 4.79 Å². The van der Waals surface area contributed by atoms with Gasteiger partial charge in [0, 0.05) is 11.6 Å². The van der Waals surface area contributed by atoms with Crippen molar-refractivity contribution in [2.45, 2.75) is 4.90 Å². The van der Waals surface area contributed by atoms with Gasteiger partial charge in [0.15, 0.2) is 0 Å². The maximum atomic E-state index is 13.8. The molecular formula is C22H20FNO6S. The van der Waals surface area contributed by atoms with Gasteiger partial charge in [0.25, 0.3) is 15.9 Å². The van der Waals surface area contributed by atoms with Crippen LogP contribution in [0.5, 0.6) is 17.2 Å². The zero-order valence-corrected chi connectivity index (χ0v) is 17.9. The normalized spacial score (nSPS) is 11.0. The molecule has 3 aromatic rings. The molecule has 0 unspecified atom stereocenters. The van der Waals surface area contributed by atoms with E-state index in [-0.39, 0.29) is 27.6 Å². The molecule has 31 heavy (non-hydrogen) atoms. The van der Waals surface area contributed by atoms with E-state index in [1.165, 1.54) is 75.9 Å². The number of carbonyl (C=O) groups excluding carboxylic acids is 1. The fourth-order valence-electron chi connectivity index (χ4n) is 2.91. The molecule has 0 aromatic heterocycles. The summed E-state index contributed by atoms with van der Waals surface area (Å²) in [6.45, 7) is 0. The highest BCUT2D eigenvalue weighted by atomic mass is 32.2. The molecule has 0 aliphatic rings. The van der Waals surface area contributed by atoms with E-state index in [0.29, 0.717) is 10.1 Å². The summed E-state index contributed by atoms with van der Waals surface area (Å²) in [6, 6.07) is 14.9. The third-order valence-corrected chi connectivity index (χ3v) is 6.18. The molecule has 7 nitrogen and oxygen atoms in total. The molecular weight excluding hydrogens is 425 g/mol. The average molecular weight is 445 g/mol. The Bertz CT molecular complexity index is 1190. The molecule has 0 saturated heterocycles. The molecule has 0 bridgehead atoms. The van der Waals surface area contributed by atoms with Crippen molar-refractivity contribution in [3.8, 4) is 17.2 Å². The lowest BCUT2D eigenvalue weighted by atomic mass is 10.2. The molecule has 162 valence electrons. The van der Waals surface area contributed by atoms with Crippen molar-refractivity contribution in [3.63, 3.8) is 0 Å². The Kier molecular flexibility index (Phi) is 6.45. The zero-order valence-electron chi connectivity index (χ0n) is 17.0. The second-order valence-corrected chi connectivity index (χ2v) is 8.05. The Morgan fingerprint density at radius 1 is 0.839 bits per heavy atom. The predicted molar refractivity (Wildman–Crippen MR) is 113 cm³/mol. The van der Waals surface area contributed by atoms with Crippen molar-refractivity contribution in [2.24, 2.45) is 0 Å². The summed E-state index contributed by atoms with van der Waals surface area (Å²) in [5, 5.41) is 0. The van der Waals surface area contributed by atoms with Crippen molar-refractivity contribution in [1.82, 2.24) is 0 Å². The summed E-state index contributed by atoms with van der Waals surface area (Å²) in [7, 11) is -0.334. The summed E-state index contributed by atoms with van der Waals surface area (Å²) in [4.78, 5) is 13.0. The van der Waals surface area contributed by atoms with E-state index in [0.717, 1.165) is 12.1 Å². The molecule has 0 radical (unpaired) electrons. The van der Waals surface area contributed by atoms with Gasteiger partial charge < -0.3 is 14.2 Å². The Labute approximate surface area is 179 Å². The van der Waals surface area contributed by atoms with E-state index in [1.54, 1.807) is 0 Å². The number of anilines is 1. The third-order valence-electron chi connectivity index (χ3n) is 4.45. The SMILES string of the molecule is COc1ccc(N(C(=O)c2cccc(F)c2)S(=O)(=O)c2cc(OC)ccc2OC)cc1. The van der Waals surface area contributed by atoms with Crippen LogP contribution in [0, 0.1) is 5.82 Å². The highest BCUT2D eigenvalue weighted by Gasteiger charge is 2.34. The van der Waals surface area contributed by atoms with E-state index >= 15 is 0 Å². The second-order valence-electron chi connectivity index (χ2n) is 6.30. The van der Waals surface area contributed by atoms with E-state index in [2.05, 4.69) is 0 Å². The fraction of sp³-hybridized carbons (Fsp3) is 0.136. The summed E-state index contributed by atoms with van der Waals surface area (Å²) in [6.07, 6.45) is 0. The standard InChI is InChI=1S/C22H20FNO6S/c1-28-18-9-7-17(8-10-18)24(22(25)15-5-4-6-16(23)13-15)31(26,27)21-14-19(29-2)11-12-20(21)30-3/h4-14H,1-3H3. The van der Waals surface area contributed by atoms with E-state index in [1.807, 2.05) is 0 Å². The molecule has 0 fully saturated rings. The molecule has 1 amide bonds. The Morgan fingerprint density at radius 2 is 1.48 bits per heavy atom. The lowest BCUT2D eigenvalue weighted by Crippen LogP contribution is -2.37. The van der Waals surface area contributed by atoms with Crippen molar-refractivity contribution in [2.75, 3.05) is 25.6 Å². The monoisotopic (exact) mass is 445 g/mol. The van der Waals surface area contributed by atoms with Gasteiger partial charge in [-0.05, 0) is 54.6 Å². The van der Waals surface area contributed by atoms with Crippen molar-refractivity contribution in [3.05, 3.63) is 78.1 Å². The van der Waals surface area contributed by atoms with Gasteiger partial charge in [0.05, 0.1) is 27.0 Å². The number of amides is 1. The van der Waals surface area contributed by atoms with Crippen LogP contribution in [0.2, 0.25) is 0 Å². The number of ether oxygens (including phenoxy) is 3. The number of hydrogen-bond acceptors (Lipinski definition) is 6. The Morgan fingerprint density at radius 3 is 2.06 bits per heavy atom. The van der Waals surface area contributed by atoms with Crippen LogP contribution in [0.1, 0.15) is 10.4 Å². The number of benzene rings is 3. The van der Waals surface area contributed by atoms with Crippen LogP contribution in [0.3, 0.4) is 0 Å². The minimum Gasteiger partial charge on any atom is -0.497 e. The summed E-state index contributed by atoms with van der Waals surface area (Å²) in [5.74, 6) is -0.858. The number of nitrogens with zero attached hydrogens (tertiary/aromatic N) is 1. The fourth-order valence-corrected chi connectivity index (χ4v) is 4.50. The molecule has 0 heterocycles. The molecule has 9 heteroatoms. The van der Waals surface area contributed by atoms with Crippen LogP contribution in [0.4, 0.5) is 10.1 Å². The van der Waals surface area contributed by atoms with E-state index < -0.39 is 21.7 Å². The number of carbonyl (C=O) groups is 1. The minimum absolute atomic E-state index is 0.0198. The smallest absolute Gasteiger partial charge is 0.275 e. The molecule has 0 spiro atoms. The van der Waals surface area contributed by atoms with Gasteiger partial charge in [0.2, 0.25) is 0 Å². The van der Waals surface area contributed by atoms with E-state index in [9.17, 15) is 17.6 Å². The molecule has 0 aliphatic heterocycles. The van der Waals surface area contributed by atoms with Crippen LogP contribution in [-0.4, -0.2) is 35.7 Å². The first-order valence-corrected chi connectivity index (χ1v) is 10.5. The Balaban J connectivity index is 2.23. The van der Waals surface area contributed by atoms with Gasteiger partial charge in [-0.25, -0.2) is 12.8 Å². The Hall–Kier alpha value is -3.59. The van der Waals surface area contributed by atoms with Gasteiger partial charge in [-0.1, -0.05) is 6.07 Å². The highest BCUT2D eigenvalue weighted by Crippen LogP contribution is 2.34. The van der Waals surface area contributed by atoms with Gasteiger partial charge in [-0.2, -0.15) is 4.31 Å². The second kappa shape index (κ2) is 9.05. The van der Waals surface area contributed by atoms with Gasteiger partial charge in [-0.15, -0.1) is 0 Å². The number of hydrogen-bond donors (Lipinski definition) is 0. The first kappa shape index (κ1) is 22.1. The first-order valence-electron chi connectivity index (χ1n) is 9.03. The first-order chi connectivity index (χ1) is 14.8. The molecule has 3 rings (SSSR count). The minimum atomic E-state index is -4.49. The quantitative estimate of drug-likeness (QED) is 0.549. The summed E-state index contributed by atoms with van der Waals surface area (Å²) >= 11 is 0. The van der Waals surface area contributed by atoms with Crippen LogP contribution < -0.4 is 18.5 Å². The largest absolute Gasteiger partial charge is 0.497 e. The lowest BCUT2D eigenvalue weighted by molar-refractivity contribution is 0.100. The van der Waals surface area contributed by atoms with Gasteiger partial charge >= 0.3 is 0 Å². The zero-order chi connectivity index (χ0) is 22.6. The van der Waals surface area contributed by atoms with Crippen LogP contribution in [0.25, 0.3) is 0 Å². The van der Waals surface area contributed by atoms with Crippen LogP contribution in [-0.2, 0) is 10.0 Å². The average Bonchev–Trinajstić information content (AvgIpc) is 2.79.